The second-order valence-electron chi connectivity index (χ2n) is 3.49. The molecule has 0 N–H and O–H groups in total. The Kier molecular flexibility index (Phi) is 2.72. The first-order valence-electron chi connectivity index (χ1n) is 4.84. The van der Waals surface area contributed by atoms with Crippen LogP contribution in [-0.4, -0.2) is 4.98 Å². The van der Waals surface area contributed by atoms with E-state index in [4.69, 9.17) is 9.15 Å². The highest BCUT2D eigenvalue weighted by atomic mass is 16.5. The van der Waals surface area contributed by atoms with Crippen LogP contribution >= 0.6 is 0 Å². The van der Waals surface area contributed by atoms with Crippen molar-refractivity contribution >= 4 is 0 Å². The number of oxazole rings is 1. The SMILES string of the molecule is Cc1cccc(OCc2nc(C)co2)c1. The summed E-state index contributed by atoms with van der Waals surface area (Å²) in [6.07, 6.45) is 1.62. The van der Waals surface area contributed by atoms with Crippen molar-refractivity contribution in [2.75, 3.05) is 0 Å². The van der Waals surface area contributed by atoms with Gasteiger partial charge in [-0.2, -0.15) is 0 Å². The van der Waals surface area contributed by atoms with Gasteiger partial charge in [0.15, 0.2) is 6.61 Å². The Balaban J connectivity index is 1.99. The molecule has 2 rings (SSSR count). The van der Waals surface area contributed by atoms with E-state index in [1.807, 2.05) is 38.1 Å². The van der Waals surface area contributed by atoms with E-state index >= 15 is 0 Å². The Labute approximate surface area is 88.7 Å². The minimum Gasteiger partial charge on any atom is -0.484 e. The summed E-state index contributed by atoms with van der Waals surface area (Å²) in [7, 11) is 0. The molecule has 0 aliphatic rings. The van der Waals surface area contributed by atoms with Crippen LogP contribution in [0.5, 0.6) is 5.75 Å². The fourth-order valence-electron chi connectivity index (χ4n) is 1.32. The number of rotatable bonds is 3. The first-order valence-corrected chi connectivity index (χ1v) is 4.84. The number of aryl methyl sites for hydroxylation is 2. The van der Waals surface area contributed by atoms with Crippen LogP contribution in [0.25, 0.3) is 0 Å². The first-order chi connectivity index (χ1) is 7.24. The zero-order valence-corrected chi connectivity index (χ0v) is 8.86. The predicted octanol–water partition coefficient (Wildman–Crippen LogP) is 2.87. The van der Waals surface area contributed by atoms with Crippen LogP contribution < -0.4 is 4.74 Å². The van der Waals surface area contributed by atoms with Crippen molar-refractivity contribution in [3.63, 3.8) is 0 Å². The maximum Gasteiger partial charge on any atom is 0.232 e. The lowest BCUT2D eigenvalue weighted by Gasteiger charge is -2.03. The largest absolute Gasteiger partial charge is 0.484 e. The molecule has 1 aromatic carbocycles. The third kappa shape index (κ3) is 2.59. The highest BCUT2D eigenvalue weighted by Gasteiger charge is 2.01. The number of ether oxygens (including phenoxy) is 1. The molecule has 15 heavy (non-hydrogen) atoms. The maximum absolute atomic E-state index is 5.53. The zero-order valence-electron chi connectivity index (χ0n) is 8.86. The van der Waals surface area contributed by atoms with Gasteiger partial charge in [0.05, 0.1) is 5.69 Å². The van der Waals surface area contributed by atoms with Gasteiger partial charge in [-0.15, -0.1) is 0 Å². The lowest BCUT2D eigenvalue weighted by Crippen LogP contribution is -1.95. The van der Waals surface area contributed by atoms with Crippen LogP contribution in [0.2, 0.25) is 0 Å². The van der Waals surface area contributed by atoms with Gasteiger partial charge >= 0.3 is 0 Å². The van der Waals surface area contributed by atoms with Gasteiger partial charge in [-0.05, 0) is 31.5 Å². The van der Waals surface area contributed by atoms with Crippen molar-refractivity contribution in [3.05, 3.63) is 47.7 Å². The monoisotopic (exact) mass is 203 g/mol. The van der Waals surface area contributed by atoms with Crippen molar-refractivity contribution < 1.29 is 9.15 Å². The Morgan fingerprint density at radius 2 is 2.20 bits per heavy atom. The molecule has 3 heteroatoms. The van der Waals surface area contributed by atoms with Gasteiger partial charge in [0.2, 0.25) is 5.89 Å². The quantitative estimate of drug-likeness (QED) is 0.769. The molecule has 1 aromatic heterocycles. The number of aromatic nitrogens is 1. The van der Waals surface area contributed by atoms with Gasteiger partial charge in [0.25, 0.3) is 0 Å². The molecule has 1 heterocycles. The summed E-state index contributed by atoms with van der Waals surface area (Å²) in [5.41, 5.74) is 2.05. The maximum atomic E-state index is 5.53. The Hall–Kier alpha value is -1.77. The fraction of sp³-hybridized carbons (Fsp3) is 0.250. The molecule has 0 saturated carbocycles. The van der Waals surface area contributed by atoms with Gasteiger partial charge < -0.3 is 9.15 Å². The third-order valence-electron chi connectivity index (χ3n) is 2.02. The molecule has 0 radical (unpaired) electrons. The van der Waals surface area contributed by atoms with E-state index in [9.17, 15) is 0 Å². The lowest BCUT2D eigenvalue weighted by molar-refractivity contribution is 0.263. The normalized spacial score (nSPS) is 10.3. The smallest absolute Gasteiger partial charge is 0.232 e. The molecular formula is C12H13NO2. The molecule has 2 aromatic rings. The van der Waals surface area contributed by atoms with Crippen molar-refractivity contribution in [1.82, 2.24) is 4.98 Å². The minimum atomic E-state index is 0.372. The Morgan fingerprint density at radius 3 is 2.87 bits per heavy atom. The van der Waals surface area contributed by atoms with E-state index < -0.39 is 0 Å². The van der Waals surface area contributed by atoms with Crippen LogP contribution in [0.4, 0.5) is 0 Å². The van der Waals surface area contributed by atoms with E-state index in [0.29, 0.717) is 12.5 Å². The van der Waals surface area contributed by atoms with Crippen LogP contribution in [-0.2, 0) is 6.61 Å². The van der Waals surface area contributed by atoms with Crippen LogP contribution in [0.1, 0.15) is 17.1 Å². The standard InChI is InChI=1S/C12H13NO2/c1-9-4-3-5-11(6-9)14-8-12-13-10(2)7-15-12/h3-7H,8H2,1-2H3. The summed E-state index contributed by atoms with van der Waals surface area (Å²) in [4.78, 5) is 4.16. The van der Waals surface area contributed by atoms with E-state index in [0.717, 1.165) is 11.4 Å². The second-order valence-corrected chi connectivity index (χ2v) is 3.49. The Morgan fingerprint density at radius 1 is 1.33 bits per heavy atom. The van der Waals surface area contributed by atoms with E-state index in [1.54, 1.807) is 6.26 Å². The summed E-state index contributed by atoms with van der Waals surface area (Å²) < 4.78 is 10.7. The molecule has 0 aliphatic heterocycles. The first kappa shape index (κ1) is 9.77. The van der Waals surface area contributed by atoms with Gasteiger partial charge in [0.1, 0.15) is 12.0 Å². The molecular weight excluding hydrogens is 190 g/mol. The molecule has 3 nitrogen and oxygen atoms in total. The van der Waals surface area contributed by atoms with Gasteiger partial charge in [-0.3, -0.25) is 0 Å². The molecule has 0 saturated heterocycles. The average molecular weight is 203 g/mol. The van der Waals surface area contributed by atoms with Crippen LogP contribution in [0.3, 0.4) is 0 Å². The topological polar surface area (TPSA) is 35.3 Å². The van der Waals surface area contributed by atoms with E-state index in [1.165, 1.54) is 5.56 Å². The van der Waals surface area contributed by atoms with E-state index in [-0.39, 0.29) is 0 Å². The molecule has 0 unspecified atom stereocenters. The zero-order chi connectivity index (χ0) is 10.7. The molecule has 0 spiro atoms. The summed E-state index contributed by atoms with van der Waals surface area (Å²) in [6.45, 7) is 4.29. The van der Waals surface area contributed by atoms with Crippen LogP contribution in [0.15, 0.2) is 34.9 Å². The summed E-state index contributed by atoms with van der Waals surface area (Å²) >= 11 is 0. The number of hydrogen-bond acceptors (Lipinski definition) is 3. The average Bonchev–Trinajstić information content (AvgIpc) is 2.62. The molecule has 0 amide bonds. The number of benzene rings is 1. The molecule has 78 valence electrons. The van der Waals surface area contributed by atoms with Gasteiger partial charge in [0, 0.05) is 0 Å². The minimum absolute atomic E-state index is 0.372. The highest BCUT2D eigenvalue weighted by molar-refractivity contribution is 5.27. The predicted molar refractivity (Wildman–Crippen MR) is 56.8 cm³/mol. The highest BCUT2D eigenvalue weighted by Crippen LogP contribution is 2.14. The van der Waals surface area contributed by atoms with Gasteiger partial charge in [-0.1, -0.05) is 12.1 Å². The molecule has 0 fully saturated rings. The fourth-order valence-corrected chi connectivity index (χ4v) is 1.32. The van der Waals surface area contributed by atoms with E-state index in [2.05, 4.69) is 4.98 Å². The molecule has 0 aliphatic carbocycles. The summed E-state index contributed by atoms with van der Waals surface area (Å²) in [5, 5.41) is 0. The van der Waals surface area contributed by atoms with Crippen molar-refractivity contribution in [1.29, 1.82) is 0 Å². The van der Waals surface area contributed by atoms with Gasteiger partial charge in [-0.25, -0.2) is 4.98 Å². The third-order valence-corrected chi connectivity index (χ3v) is 2.02. The number of nitrogens with zero attached hydrogens (tertiary/aromatic N) is 1. The Bertz CT molecular complexity index is 448. The molecule has 0 bridgehead atoms. The summed E-state index contributed by atoms with van der Waals surface area (Å²) in [5.74, 6) is 1.44. The second kappa shape index (κ2) is 4.17. The summed E-state index contributed by atoms with van der Waals surface area (Å²) in [6, 6.07) is 7.90. The van der Waals surface area contributed by atoms with Crippen LogP contribution in [0, 0.1) is 13.8 Å². The van der Waals surface area contributed by atoms with Crippen molar-refractivity contribution in [3.8, 4) is 5.75 Å². The number of hydrogen-bond donors (Lipinski definition) is 0. The van der Waals surface area contributed by atoms with Crippen molar-refractivity contribution in [2.24, 2.45) is 0 Å². The lowest BCUT2D eigenvalue weighted by atomic mass is 10.2. The van der Waals surface area contributed by atoms with Crippen molar-refractivity contribution in [2.45, 2.75) is 20.5 Å². The molecule has 0 atom stereocenters.